The van der Waals surface area contributed by atoms with E-state index in [4.69, 9.17) is 9.47 Å². The summed E-state index contributed by atoms with van der Waals surface area (Å²) >= 11 is 3.42. The number of carbonyl (C=O) groups is 1. The second-order valence-corrected chi connectivity index (χ2v) is 4.76. The van der Waals surface area contributed by atoms with Crippen LogP contribution in [0, 0.1) is 0 Å². The highest BCUT2D eigenvalue weighted by Crippen LogP contribution is 2.25. The van der Waals surface area contributed by atoms with Gasteiger partial charge in [0.05, 0.1) is 6.61 Å². The largest absolute Gasteiger partial charge is 0.478 e. The van der Waals surface area contributed by atoms with Crippen LogP contribution in [0.3, 0.4) is 0 Å². The minimum Gasteiger partial charge on any atom is -0.478 e. The van der Waals surface area contributed by atoms with Crippen molar-refractivity contribution in [3.05, 3.63) is 28.2 Å². The van der Waals surface area contributed by atoms with E-state index in [1.54, 1.807) is 0 Å². The van der Waals surface area contributed by atoms with Crippen molar-refractivity contribution in [2.75, 3.05) is 13.7 Å². The zero-order valence-electron chi connectivity index (χ0n) is 9.53. The van der Waals surface area contributed by atoms with Gasteiger partial charge in [0.2, 0.25) is 0 Å². The third-order valence-corrected chi connectivity index (χ3v) is 3.04. The molecule has 0 bridgehead atoms. The van der Waals surface area contributed by atoms with E-state index in [9.17, 15) is 4.79 Å². The molecule has 2 rings (SSSR count). The van der Waals surface area contributed by atoms with Gasteiger partial charge in [-0.1, -0.05) is 15.9 Å². The number of hydrogen-bond acceptors (Lipinski definition) is 4. The van der Waals surface area contributed by atoms with E-state index < -0.39 is 6.10 Å². The molecular weight excluding hydrogens is 286 g/mol. The van der Waals surface area contributed by atoms with Crippen LogP contribution in [0.4, 0.5) is 0 Å². The molecule has 1 aromatic carbocycles. The molecule has 1 saturated heterocycles. The number of hydrogen-bond donors (Lipinski definition) is 1. The van der Waals surface area contributed by atoms with Gasteiger partial charge in [-0.15, -0.1) is 0 Å². The lowest BCUT2D eigenvalue weighted by Gasteiger charge is -2.14. The highest BCUT2D eigenvalue weighted by molar-refractivity contribution is 9.10. The van der Waals surface area contributed by atoms with Crippen molar-refractivity contribution in [3.8, 4) is 5.75 Å². The maximum atomic E-state index is 11.3. The monoisotopic (exact) mass is 299 g/mol. The quantitative estimate of drug-likeness (QED) is 0.862. The summed E-state index contributed by atoms with van der Waals surface area (Å²) in [7, 11) is 1.87. The Balaban J connectivity index is 2.16. The van der Waals surface area contributed by atoms with Crippen molar-refractivity contribution >= 4 is 21.9 Å². The van der Waals surface area contributed by atoms with Crippen molar-refractivity contribution in [2.45, 2.75) is 19.1 Å². The second-order valence-electron chi connectivity index (χ2n) is 3.85. The SMILES string of the molecule is CNCc1cc(Br)ccc1OC1CCOC1=O. The predicted molar refractivity (Wildman–Crippen MR) is 66.9 cm³/mol. The van der Waals surface area contributed by atoms with Crippen LogP contribution in [0.2, 0.25) is 0 Å². The van der Waals surface area contributed by atoms with Crippen molar-refractivity contribution in [3.63, 3.8) is 0 Å². The van der Waals surface area contributed by atoms with E-state index in [-0.39, 0.29) is 5.97 Å². The molecule has 0 aliphatic carbocycles. The fraction of sp³-hybridized carbons (Fsp3) is 0.417. The molecule has 92 valence electrons. The van der Waals surface area contributed by atoms with Gasteiger partial charge in [0.1, 0.15) is 5.75 Å². The van der Waals surface area contributed by atoms with Gasteiger partial charge in [0.15, 0.2) is 6.10 Å². The second kappa shape index (κ2) is 5.51. The summed E-state index contributed by atoms with van der Waals surface area (Å²) in [6.07, 6.45) is 0.153. The summed E-state index contributed by atoms with van der Waals surface area (Å²) < 4.78 is 11.6. The number of cyclic esters (lactones) is 1. The Hall–Kier alpha value is -1.07. The first-order chi connectivity index (χ1) is 8.20. The Bertz CT molecular complexity index is 422. The minimum absolute atomic E-state index is 0.275. The summed E-state index contributed by atoms with van der Waals surface area (Å²) in [5.74, 6) is 0.453. The van der Waals surface area contributed by atoms with Crippen LogP contribution in [0.5, 0.6) is 5.75 Å². The number of ether oxygens (including phenoxy) is 2. The molecule has 1 fully saturated rings. The molecule has 0 spiro atoms. The van der Waals surface area contributed by atoms with Crippen LogP contribution in [0.15, 0.2) is 22.7 Å². The van der Waals surface area contributed by atoms with E-state index in [1.807, 2.05) is 25.2 Å². The van der Waals surface area contributed by atoms with Crippen LogP contribution in [0.25, 0.3) is 0 Å². The third kappa shape index (κ3) is 2.98. The number of esters is 1. The fourth-order valence-electron chi connectivity index (χ4n) is 1.73. The summed E-state index contributed by atoms with van der Waals surface area (Å²) in [5, 5.41) is 3.07. The van der Waals surface area contributed by atoms with E-state index in [0.29, 0.717) is 19.6 Å². The zero-order valence-corrected chi connectivity index (χ0v) is 11.1. The van der Waals surface area contributed by atoms with Crippen LogP contribution in [0.1, 0.15) is 12.0 Å². The topological polar surface area (TPSA) is 47.6 Å². The summed E-state index contributed by atoms with van der Waals surface area (Å²) in [6.45, 7) is 1.14. The van der Waals surface area contributed by atoms with Gasteiger partial charge >= 0.3 is 5.97 Å². The van der Waals surface area contributed by atoms with Gasteiger partial charge < -0.3 is 14.8 Å². The molecular formula is C12H14BrNO3. The molecule has 1 unspecified atom stereocenters. The van der Waals surface area contributed by atoms with Gasteiger partial charge in [-0.2, -0.15) is 0 Å². The lowest BCUT2D eigenvalue weighted by molar-refractivity contribution is -0.143. The van der Waals surface area contributed by atoms with Gasteiger partial charge in [0, 0.05) is 23.0 Å². The predicted octanol–water partition coefficient (Wildman–Crippen LogP) is 1.86. The minimum atomic E-state index is -0.466. The molecule has 1 aliphatic rings. The Morgan fingerprint density at radius 2 is 2.41 bits per heavy atom. The van der Waals surface area contributed by atoms with Crippen LogP contribution >= 0.6 is 15.9 Å². The first kappa shape index (κ1) is 12.4. The molecule has 4 nitrogen and oxygen atoms in total. The van der Waals surface area contributed by atoms with Crippen LogP contribution in [-0.4, -0.2) is 25.7 Å². The maximum Gasteiger partial charge on any atom is 0.347 e. The fourth-order valence-corrected chi connectivity index (χ4v) is 2.14. The van der Waals surface area contributed by atoms with Gasteiger partial charge in [0.25, 0.3) is 0 Å². The Labute approximate surface area is 108 Å². The van der Waals surface area contributed by atoms with E-state index in [0.717, 1.165) is 15.8 Å². The molecule has 17 heavy (non-hydrogen) atoms. The third-order valence-electron chi connectivity index (χ3n) is 2.55. The smallest absolute Gasteiger partial charge is 0.347 e. The lowest BCUT2D eigenvalue weighted by Crippen LogP contribution is -2.22. The molecule has 1 aromatic rings. The number of benzene rings is 1. The molecule has 1 heterocycles. The van der Waals surface area contributed by atoms with Gasteiger partial charge in [-0.25, -0.2) is 4.79 Å². The summed E-state index contributed by atoms with van der Waals surface area (Å²) in [6, 6.07) is 5.74. The Kier molecular flexibility index (Phi) is 4.02. The average molecular weight is 300 g/mol. The van der Waals surface area contributed by atoms with E-state index in [1.165, 1.54) is 0 Å². The number of rotatable bonds is 4. The highest BCUT2D eigenvalue weighted by Gasteiger charge is 2.28. The van der Waals surface area contributed by atoms with Crippen molar-refractivity contribution in [1.82, 2.24) is 5.32 Å². The highest BCUT2D eigenvalue weighted by atomic mass is 79.9. The number of nitrogens with one attached hydrogen (secondary N) is 1. The maximum absolute atomic E-state index is 11.3. The standard InChI is InChI=1S/C12H14BrNO3/c1-14-7-8-6-9(13)2-3-10(8)17-11-4-5-16-12(11)15/h2-3,6,11,14H,4-5,7H2,1H3. The van der Waals surface area contributed by atoms with Gasteiger partial charge in [-0.3, -0.25) is 0 Å². The van der Waals surface area contributed by atoms with Crippen LogP contribution < -0.4 is 10.1 Å². The Morgan fingerprint density at radius 3 is 3.06 bits per heavy atom. The summed E-state index contributed by atoms with van der Waals surface area (Å²) in [4.78, 5) is 11.3. The van der Waals surface area contributed by atoms with Crippen LogP contribution in [-0.2, 0) is 16.1 Å². The number of halogens is 1. The molecule has 5 heteroatoms. The summed E-state index contributed by atoms with van der Waals surface area (Å²) in [5.41, 5.74) is 1.02. The molecule has 1 atom stereocenters. The lowest BCUT2D eigenvalue weighted by atomic mass is 10.2. The molecule has 0 saturated carbocycles. The van der Waals surface area contributed by atoms with Crippen molar-refractivity contribution < 1.29 is 14.3 Å². The molecule has 0 amide bonds. The number of carbonyl (C=O) groups excluding carboxylic acids is 1. The molecule has 0 aromatic heterocycles. The molecule has 1 N–H and O–H groups in total. The van der Waals surface area contributed by atoms with Gasteiger partial charge in [-0.05, 0) is 25.2 Å². The average Bonchev–Trinajstić information content (AvgIpc) is 2.69. The van der Waals surface area contributed by atoms with Crippen molar-refractivity contribution in [2.24, 2.45) is 0 Å². The first-order valence-corrected chi connectivity index (χ1v) is 6.26. The normalized spacial score (nSPS) is 19.2. The zero-order chi connectivity index (χ0) is 12.3. The van der Waals surface area contributed by atoms with E-state index in [2.05, 4.69) is 21.2 Å². The van der Waals surface area contributed by atoms with Crippen molar-refractivity contribution in [1.29, 1.82) is 0 Å². The first-order valence-electron chi connectivity index (χ1n) is 5.47. The van der Waals surface area contributed by atoms with E-state index >= 15 is 0 Å². The molecule has 0 radical (unpaired) electrons. The Morgan fingerprint density at radius 1 is 1.59 bits per heavy atom. The molecule has 1 aliphatic heterocycles.